The molecule has 1 N–H and O–H groups in total. The molecular formula is C19H33NO3. The molecule has 3 atom stereocenters. The van der Waals surface area contributed by atoms with Crippen LogP contribution in [0.15, 0.2) is 0 Å². The Morgan fingerprint density at radius 2 is 1.52 bits per heavy atom. The average Bonchev–Trinajstić information content (AvgIpc) is 2.51. The zero-order valence-electron chi connectivity index (χ0n) is 14.7. The largest absolute Gasteiger partial charge is 0.389 e. The Labute approximate surface area is 140 Å². The number of ether oxygens (including phenoxy) is 2. The summed E-state index contributed by atoms with van der Waals surface area (Å²) in [7, 11) is 0. The highest BCUT2D eigenvalue weighted by Gasteiger charge is 2.54. The van der Waals surface area contributed by atoms with Crippen LogP contribution in [-0.2, 0) is 9.47 Å². The van der Waals surface area contributed by atoms with Gasteiger partial charge in [-0.25, -0.2) is 0 Å². The van der Waals surface area contributed by atoms with Crippen LogP contribution in [-0.4, -0.2) is 54.7 Å². The van der Waals surface area contributed by atoms with Crippen molar-refractivity contribution in [1.29, 1.82) is 0 Å². The van der Waals surface area contributed by atoms with E-state index in [0.717, 1.165) is 44.1 Å². The van der Waals surface area contributed by atoms with Crippen LogP contribution in [0.25, 0.3) is 0 Å². The summed E-state index contributed by atoms with van der Waals surface area (Å²) in [5.74, 6) is 2.84. The first-order chi connectivity index (χ1) is 11.1. The third-order valence-corrected chi connectivity index (χ3v) is 7.11. The molecule has 0 aromatic rings. The molecule has 132 valence electrons. The molecule has 4 saturated carbocycles. The molecule has 1 aliphatic heterocycles. The lowest BCUT2D eigenvalue weighted by atomic mass is 9.48. The first-order valence-electron chi connectivity index (χ1n) is 9.71. The number of nitrogens with zero attached hydrogens (tertiary/aromatic N) is 1. The SMILES string of the molecule is CC(O)C(OC(C)C12CC3CC(CC(C3)C1)C2)N1CCOCC1. The fourth-order valence-corrected chi connectivity index (χ4v) is 6.37. The van der Waals surface area contributed by atoms with Crippen LogP contribution < -0.4 is 0 Å². The van der Waals surface area contributed by atoms with E-state index in [9.17, 15) is 5.11 Å². The maximum Gasteiger partial charge on any atom is 0.137 e. The van der Waals surface area contributed by atoms with Crippen molar-refractivity contribution in [2.45, 2.75) is 70.8 Å². The standard InChI is InChI=1S/C19H33NO3/c1-13(21)18(20-3-5-22-6-4-20)23-14(2)19-10-15-7-16(11-19)9-17(8-15)12-19/h13-18,21H,3-12H2,1-2H3. The number of aliphatic hydroxyl groups excluding tert-OH is 1. The van der Waals surface area contributed by atoms with E-state index in [1.165, 1.54) is 38.5 Å². The molecule has 0 aromatic carbocycles. The van der Waals surface area contributed by atoms with Crippen molar-refractivity contribution in [2.75, 3.05) is 26.3 Å². The lowest BCUT2D eigenvalue weighted by Gasteiger charge is -2.59. The fraction of sp³-hybridized carbons (Fsp3) is 1.00. The minimum atomic E-state index is -0.454. The molecule has 0 amide bonds. The van der Waals surface area contributed by atoms with E-state index in [1.807, 2.05) is 6.92 Å². The molecule has 1 heterocycles. The normalized spacial score (nSPS) is 44.2. The minimum Gasteiger partial charge on any atom is -0.389 e. The van der Waals surface area contributed by atoms with Gasteiger partial charge < -0.3 is 14.6 Å². The van der Waals surface area contributed by atoms with Gasteiger partial charge in [0.25, 0.3) is 0 Å². The highest BCUT2D eigenvalue weighted by molar-refractivity contribution is 5.04. The summed E-state index contributed by atoms with van der Waals surface area (Å²) < 4.78 is 12.0. The summed E-state index contributed by atoms with van der Waals surface area (Å²) in [5.41, 5.74) is 0.383. The van der Waals surface area contributed by atoms with E-state index in [2.05, 4.69) is 11.8 Å². The Bertz CT molecular complexity index is 384. The molecule has 4 nitrogen and oxygen atoms in total. The van der Waals surface area contributed by atoms with Gasteiger partial charge in [-0.3, -0.25) is 4.90 Å². The van der Waals surface area contributed by atoms with E-state index in [-0.39, 0.29) is 12.3 Å². The predicted molar refractivity (Wildman–Crippen MR) is 89.0 cm³/mol. The Balaban J connectivity index is 1.46. The Morgan fingerprint density at radius 1 is 1.00 bits per heavy atom. The van der Waals surface area contributed by atoms with E-state index in [1.54, 1.807) is 0 Å². The van der Waals surface area contributed by atoms with Gasteiger partial charge in [0.2, 0.25) is 0 Å². The van der Waals surface area contributed by atoms with Gasteiger partial charge in [0.05, 0.1) is 25.4 Å². The molecule has 5 rings (SSSR count). The zero-order chi connectivity index (χ0) is 16.0. The second-order valence-electron chi connectivity index (χ2n) is 8.84. The third-order valence-electron chi connectivity index (χ3n) is 7.11. The number of morpholine rings is 1. The lowest BCUT2D eigenvalue weighted by Crippen LogP contribution is -2.56. The van der Waals surface area contributed by atoms with Gasteiger partial charge >= 0.3 is 0 Å². The Morgan fingerprint density at radius 3 is 2.00 bits per heavy atom. The van der Waals surface area contributed by atoms with Crippen LogP contribution in [0.3, 0.4) is 0 Å². The fourth-order valence-electron chi connectivity index (χ4n) is 6.37. The highest BCUT2D eigenvalue weighted by atomic mass is 16.5. The van der Waals surface area contributed by atoms with Gasteiger partial charge in [-0.1, -0.05) is 0 Å². The van der Waals surface area contributed by atoms with Crippen molar-refractivity contribution in [2.24, 2.45) is 23.2 Å². The van der Waals surface area contributed by atoms with Crippen LogP contribution in [0.4, 0.5) is 0 Å². The second-order valence-corrected chi connectivity index (χ2v) is 8.84. The van der Waals surface area contributed by atoms with Crippen molar-refractivity contribution in [3.8, 4) is 0 Å². The molecule has 5 fully saturated rings. The monoisotopic (exact) mass is 323 g/mol. The van der Waals surface area contributed by atoms with E-state index < -0.39 is 6.10 Å². The molecule has 4 bridgehead atoms. The molecule has 4 heteroatoms. The van der Waals surface area contributed by atoms with Crippen LogP contribution >= 0.6 is 0 Å². The zero-order valence-corrected chi connectivity index (χ0v) is 14.7. The quantitative estimate of drug-likeness (QED) is 0.844. The summed E-state index contributed by atoms with van der Waals surface area (Å²) in [4.78, 5) is 2.27. The van der Waals surface area contributed by atoms with E-state index in [4.69, 9.17) is 9.47 Å². The third kappa shape index (κ3) is 3.08. The smallest absolute Gasteiger partial charge is 0.137 e. The average molecular weight is 323 g/mol. The van der Waals surface area contributed by atoms with Crippen molar-refractivity contribution in [3.05, 3.63) is 0 Å². The topological polar surface area (TPSA) is 41.9 Å². The van der Waals surface area contributed by atoms with Crippen molar-refractivity contribution >= 4 is 0 Å². The van der Waals surface area contributed by atoms with Crippen LogP contribution in [0.2, 0.25) is 0 Å². The maximum atomic E-state index is 10.3. The Hall–Kier alpha value is -0.160. The molecule has 4 aliphatic carbocycles. The Kier molecular flexibility index (Phi) is 4.46. The molecule has 1 saturated heterocycles. The van der Waals surface area contributed by atoms with Gasteiger partial charge in [-0.2, -0.15) is 0 Å². The number of aliphatic hydroxyl groups is 1. The molecule has 0 spiro atoms. The van der Waals surface area contributed by atoms with Crippen molar-refractivity contribution in [3.63, 3.8) is 0 Å². The van der Waals surface area contributed by atoms with Crippen molar-refractivity contribution in [1.82, 2.24) is 4.90 Å². The summed E-state index contributed by atoms with van der Waals surface area (Å²) in [6, 6.07) is 0. The molecule has 0 aromatic heterocycles. The molecule has 23 heavy (non-hydrogen) atoms. The molecule has 5 aliphatic rings. The van der Waals surface area contributed by atoms with Crippen molar-refractivity contribution < 1.29 is 14.6 Å². The van der Waals surface area contributed by atoms with Crippen LogP contribution in [0, 0.1) is 23.2 Å². The highest BCUT2D eigenvalue weighted by Crippen LogP contribution is 2.61. The molecule has 3 unspecified atom stereocenters. The second kappa shape index (κ2) is 6.29. The van der Waals surface area contributed by atoms with E-state index in [0.29, 0.717) is 5.41 Å². The van der Waals surface area contributed by atoms with Gasteiger partial charge in [0, 0.05) is 13.1 Å². The van der Waals surface area contributed by atoms with Gasteiger partial charge in [-0.05, 0) is 75.5 Å². The number of hydrogen-bond acceptors (Lipinski definition) is 4. The van der Waals surface area contributed by atoms with Crippen LogP contribution in [0.5, 0.6) is 0 Å². The molecule has 0 radical (unpaired) electrons. The lowest BCUT2D eigenvalue weighted by molar-refractivity contribution is -0.213. The number of hydrogen-bond donors (Lipinski definition) is 1. The first kappa shape index (κ1) is 16.3. The summed E-state index contributed by atoms with van der Waals surface area (Å²) >= 11 is 0. The summed E-state index contributed by atoms with van der Waals surface area (Å²) in [6.07, 6.45) is 8.09. The van der Waals surface area contributed by atoms with Crippen LogP contribution in [0.1, 0.15) is 52.4 Å². The van der Waals surface area contributed by atoms with E-state index >= 15 is 0 Å². The van der Waals surface area contributed by atoms with Gasteiger partial charge in [-0.15, -0.1) is 0 Å². The minimum absolute atomic E-state index is 0.179. The maximum absolute atomic E-state index is 10.3. The summed E-state index contributed by atoms with van der Waals surface area (Å²) in [5, 5.41) is 10.3. The number of rotatable bonds is 5. The van der Waals surface area contributed by atoms with Gasteiger partial charge in [0.15, 0.2) is 0 Å². The summed E-state index contributed by atoms with van der Waals surface area (Å²) in [6.45, 7) is 7.37. The molecular weight excluding hydrogens is 290 g/mol. The first-order valence-corrected chi connectivity index (χ1v) is 9.71. The predicted octanol–water partition coefficient (Wildman–Crippen LogP) is 2.65. The van der Waals surface area contributed by atoms with Gasteiger partial charge in [0.1, 0.15) is 6.23 Å².